The number of carbonyl (C=O) groups is 3. The van der Waals surface area contributed by atoms with Crippen molar-refractivity contribution in [1.29, 1.82) is 0 Å². The lowest BCUT2D eigenvalue weighted by Crippen LogP contribution is -2.71. The highest BCUT2D eigenvalue weighted by atomic mass is 32.2. The van der Waals surface area contributed by atoms with Crippen LogP contribution in [0, 0.1) is 0 Å². The van der Waals surface area contributed by atoms with Crippen LogP contribution in [0.25, 0.3) is 0 Å². The van der Waals surface area contributed by atoms with Gasteiger partial charge in [-0.1, -0.05) is 5.16 Å². The number of oxime groups is 1. The smallest absolute Gasteiger partial charge is 0.352 e. The van der Waals surface area contributed by atoms with Crippen LogP contribution < -0.4 is 5.32 Å². The molecule has 2 aliphatic heterocycles. The number of aromatic nitrogens is 1. The average molecular weight is 382 g/mol. The average Bonchev–Trinajstić information content (AvgIpc) is 3.10. The summed E-state index contributed by atoms with van der Waals surface area (Å²) < 4.78 is 0. The maximum absolute atomic E-state index is 12.5. The summed E-state index contributed by atoms with van der Waals surface area (Å²) in [4.78, 5) is 46.1. The summed E-state index contributed by atoms with van der Waals surface area (Å²) in [6.07, 6.45) is 0. The van der Waals surface area contributed by atoms with Crippen molar-refractivity contribution in [3.63, 3.8) is 0 Å². The van der Waals surface area contributed by atoms with Gasteiger partial charge in [0.05, 0.1) is 5.51 Å². The third kappa shape index (κ3) is 3.00. The van der Waals surface area contributed by atoms with Gasteiger partial charge in [-0.3, -0.25) is 14.5 Å². The van der Waals surface area contributed by atoms with Crippen LogP contribution in [0.5, 0.6) is 0 Å². The number of thioether (sulfide) groups is 1. The first-order valence-electron chi connectivity index (χ1n) is 7.14. The number of carboxylic acids is 1. The van der Waals surface area contributed by atoms with Crippen molar-refractivity contribution in [3.8, 4) is 0 Å². The van der Waals surface area contributed by atoms with Crippen molar-refractivity contribution < 1.29 is 24.3 Å². The van der Waals surface area contributed by atoms with Crippen LogP contribution in [-0.2, 0) is 19.2 Å². The maximum atomic E-state index is 12.5. The molecule has 1 aromatic heterocycles. The van der Waals surface area contributed by atoms with E-state index in [2.05, 4.69) is 20.3 Å². The first-order valence-corrected chi connectivity index (χ1v) is 9.13. The molecule has 11 heteroatoms. The lowest BCUT2D eigenvalue weighted by atomic mass is 10.0. The van der Waals surface area contributed by atoms with Crippen LogP contribution >= 0.6 is 23.1 Å². The molecule has 3 heterocycles. The molecular formula is C14H14N4O5S2. The Balaban J connectivity index is 1.77. The van der Waals surface area contributed by atoms with E-state index in [1.165, 1.54) is 35.1 Å². The van der Waals surface area contributed by atoms with Crippen LogP contribution in [-0.4, -0.2) is 62.8 Å². The molecule has 132 valence electrons. The van der Waals surface area contributed by atoms with Gasteiger partial charge in [0.2, 0.25) is 0 Å². The van der Waals surface area contributed by atoms with Gasteiger partial charge < -0.3 is 15.3 Å². The molecule has 0 saturated carbocycles. The van der Waals surface area contributed by atoms with Gasteiger partial charge in [0.1, 0.15) is 29.9 Å². The number of aliphatic carboxylic acids is 1. The Morgan fingerprint density at radius 2 is 2.28 bits per heavy atom. The van der Waals surface area contributed by atoms with E-state index >= 15 is 0 Å². The van der Waals surface area contributed by atoms with Gasteiger partial charge in [-0.05, 0) is 12.5 Å². The summed E-state index contributed by atoms with van der Waals surface area (Å²) in [6, 6.07) is -0.819. The van der Waals surface area contributed by atoms with Gasteiger partial charge in [0, 0.05) is 11.1 Å². The van der Waals surface area contributed by atoms with Gasteiger partial charge in [-0.2, -0.15) is 0 Å². The first kappa shape index (κ1) is 17.4. The monoisotopic (exact) mass is 382 g/mol. The number of nitrogens with one attached hydrogen (secondary N) is 1. The van der Waals surface area contributed by atoms with Gasteiger partial charge in [-0.15, -0.1) is 23.1 Å². The molecule has 2 aliphatic rings. The number of hydrogen-bond acceptors (Lipinski definition) is 8. The van der Waals surface area contributed by atoms with Gasteiger partial charge in [0.25, 0.3) is 11.8 Å². The molecule has 2 N–H and O–H groups in total. The molecule has 2 amide bonds. The number of thiazole rings is 1. The van der Waals surface area contributed by atoms with E-state index in [0.29, 0.717) is 17.0 Å². The molecule has 0 aliphatic carbocycles. The molecule has 0 aromatic carbocycles. The Morgan fingerprint density at radius 1 is 1.52 bits per heavy atom. The van der Waals surface area contributed by atoms with Crippen molar-refractivity contribution in [2.24, 2.45) is 5.16 Å². The second-order valence-electron chi connectivity index (χ2n) is 5.29. The third-order valence-corrected chi connectivity index (χ3v) is 5.73. The van der Waals surface area contributed by atoms with E-state index < -0.39 is 29.2 Å². The highest BCUT2D eigenvalue weighted by molar-refractivity contribution is 8.00. The second-order valence-corrected chi connectivity index (χ2v) is 7.11. The zero-order valence-electron chi connectivity index (χ0n) is 13.3. The molecular weight excluding hydrogens is 368 g/mol. The van der Waals surface area contributed by atoms with Crippen molar-refractivity contribution in [2.75, 3.05) is 12.9 Å². The number of β-lactam (4-membered cyclic amide) rings is 1. The Labute approximate surface area is 150 Å². The van der Waals surface area contributed by atoms with Gasteiger partial charge in [-0.25, -0.2) is 9.78 Å². The fraction of sp³-hybridized carbons (Fsp3) is 0.357. The van der Waals surface area contributed by atoms with Crippen LogP contribution in [0.3, 0.4) is 0 Å². The molecule has 9 nitrogen and oxygen atoms in total. The van der Waals surface area contributed by atoms with Gasteiger partial charge in [0.15, 0.2) is 5.71 Å². The first-order chi connectivity index (χ1) is 12.0. The molecule has 3 rings (SSSR count). The quantitative estimate of drug-likeness (QED) is 0.425. The number of carboxylic acid groups (broad SMARTS) is 1. The molecule has 0 unspecified atom stereocenters. The summed E-state index contributed by atoms with van der Waals surface area (Å²) in [7, 11) is 1.31. The van der Waals surface area contributed by atoms with Crippen molar-refractivity contribution >= 4 is 46.6 Å². The Kier molecular flexibility index (Phi) is 4.77. The second kappa shape index (κ2) is 6.84. The van der Waals surface area contributed by atoms with Crippen molar-refractivity contribution in [3.05, 3.63) is 27.9 Å². The fourth-order valence-corrected chi connectivity index (χ4v) is 4.44. The topological polar surface area (TPSA) is 121 Å². The third-order valence-electron chi connectivity index (χ3n) is 3.72. The van der Waals surface area contributed by atoms with E-state index in [4.69, 9.17) is 0 Å². The van der Waals surface area contributed by atoms with Crippen molar-refractivity contribution in [2.45, 2.75) is 18.3 Å². The molecule has 1 aromatic rings. The fourth-order valence-electron chi connectivity index (χ4n) is 2.61. The van der Waals surface area contributed by atoms with E-state index in [9.17, 15) is 19.5 Å². The van der Waals surface area contributed by atoms with Crippen LogP contribution in [0.2, 0.25) is 0 Å². The summed E-state index contributed by atoms with van der Waals surface area (Å²) >= 11 is 2.70. The molecule has 1 fully saturated rings. The summed E-state index contributed by atoms with van der Waals surface area (Å²) in [5.74, 6) is -1.73. The van der Waals surface area contributed by atoms with E-state index in [-0.39, 0.29) is 11.4 Å². The minimum atomic E-state index is -1.15. The number of carbonyl (C=O) groups excluding carboxylic acids is 2. The van der Waals surface area contributed by atoms with Gasteiger partial charge >= 0.3 is 5.97 Å². The number of rotatable bonds is 5. The zero-order chi connectivity index (χ0) is 18.1. The van der Waals surface area contributed by atoms with Crippen LogP contribution in [0.1, 0.15) is 12.6 Å². The highest BCUT2D eigenvalue weighted by Crippen LogP contribution is 2.40. The number of fused-ring (bicyclic) bond motifs is 1. The standard InChI is InChI=1S/C14H14N4O5S2/c1-6-3-25-13-9(12(20)18(13)10(6)14(21)22)16-11(19)8(17-23-2)7-4-24-5-15-7/h4-5,9,13H,3H2,1-2H3,(H,16,19)(H,21,22)/b17-8-/t9-,13-/m1/s1. The van der Waals surface area contributed by atoms with Crippen LogP contribution in [0.4, 0.5) is 0 Å². The van der Waals surface area contributed by atoms with Crippen LogP contribution in [0.15, 0.2) is 27.3 Å². The number of nitrogens with zero attached hydrogens (tertiary/aromatic N) is 3. The zero-order valence-corrected chi connectivity index (χ0v) is 14.9. The van der Waals surface area contributed by atoms with E-state index in [1.54, 1.807) is 17.8 Å². The Morgan fingerprint density at radius 3 is 2.88 bits per heavy atom. The minimum absolute atomic E-state index is 0.00969. The Hall–Kier alpha value is -2.40. The highest BCUT2D eigenvalue weighted by Gasteiger charge is 2.54. The molecule has 0 spiro atoms. The Bertz CT molecular complexity index is 789. The summed E-state index contributed by atoms with van der Waals surface area (Å²) in [5.41, 5.74) is 2.46. The summed E-state index contributed by atoms with van der Waals surface area (Å²) in [6.45, 7) is 1.68. The normalized spacial score (nSPS) is 23.0. The number of hydrogen-bond donors (Lipinski definition) is 2. The predicted octanol–water partition coefficient (Wildman–Crippen LogP) is 0.252. The molecule has 2 atom stereocenters. The van der Waals surface area contributed by atoms with Crippen molar-refractivity contribution in [1.82, 2.24) is 15.2 Å². The lowest BCUT2D eigenvalue weighted by Gasteiger charge is -2.49. The largest absolute Gasteiger partial charge is 0.477 e. The van der Waals surface area contributed by atoms with E-state index in [1.807, 2.05) is 0 Å². The molecule has 0 radical (unpaired) electrons. The molecule has 1 saturated heterocycles. The van der Waals surface area contributed by atoms with E-state index in [0.717, 1.165) is 0 Å². The minimum Gasteiger partial charge on any atom is -0.477 e. The maximum Gasteiger partial charge on any atom is 0.352 e. The number of amides is 2. The predicted molar refractivity (Wildman–Crippen MR) is 91.0 cm³/mol. The SMILES string of the molecule is CO/N=C(\C(=O)N[C@@H]1C(=O)N2C(C(=O)O)=C(C)CS[C@H]12)c1cscn1. The molecule has 25 heavy (non-hydrogen) atoms. The molecule has 0 bridgehead atoms. The summed E-state index contributed by atoms with van der Waals surface area (Å²) in [5, 5.41) is 16.8. The lowest BCUT2D eigenvalue weighted by molar-refractivity contribution is -0.150.